The molecule has 1 heterocycles. The summed E-state index contributed by atoms with van der Waals surface area (Å²) in [5, 5.41) is 3.27. The Bertz CT molecular complexity index is 132. The second-order valence-corrected chi connectivity index (χ2v) is 4.52. The van der Waals surface area contributed by atoms with Crippen LogP contribution < -0.4 is 5.32 Å². The molecule has 2 fully saturated rings. The van der Waals surface area contributed by atoms with Crippen molar-refractivity contribution in [2.45, 2.75) is 37.6 Å². The quantitative estimate of drug-likeness (QED) is 0.500. The highest BCUT2D eigenvalue weighted by atomic mass is 35.5. The third-order valence-electron chi connectivity index (χ3n) is 2.82. The molecule has 0 bridgehead atoms. The maximum absolute atomic E-state index is 6.00. The molecule has 2 atom stereocenters. The van der Waals surface area contributed by atoms with Gasteiger partial charge in [0.05, 0.1) is 5.50 Å². The SMILES string of the molecule is ClC1CC(CC2CC2)CCN1. The molecule has 1 N–H and O–H groups in total. The van der Waals surface area contributed by atoms with Crippen LogP contribution in [0.4, 0.5) is 0 Å². The molecule has 1 saturated heterocycles. The van der Waals surface area contributed by atoms with Gasteiger partial charge in [-0.05, 0) is 37.6 Å². The predicted molar refractivity (Wildman–Crippen MR) is 47.7 cm³/mol. The summed E-state index contributed by atoms with van der Waals surface area (Å²) >= 11 is 6.00. The monoisotopic (exact) mass is 173 g/mol. The molecule has 1 aliphatic heterocycles. The summed E-state index contributed by atoms with van der Waals surface area (Å²) in [6.45, 7) is 1.13. The Hall–Kier alpha value is 0.250. The molecule has 0 aromatic rings. The van der Waals surface area contributed by atoms with Gasteiger partial charge < -0.3 is 5.32 Å². The Labute approximate surface area is 73.5 Å². The van der Waals surface area contributed by atoms with Gasteiger partial charge in [-0.1, -0.05) is 12.8 Å². The lowest BCUT2D eigenvalue weighted by Gasteiger charge is -2.26. The predicted octanol–water partition coefficient (Wildman–Crippen LogP) is 2.35. The van der Waals surface area contributed by atoms with Gasteiger partial charge in [-0.2, -0.15) is 0 Å². The van der Waals surface area contributed by atoms with Crippen LogP contribution in [-0.4, -0.2) is 12.0 Å². The van der Waals surface area contributed by atoms with Gasteiger partial charge in [0, 0.05) is 0 Å². The van der Waals surface area contributed by atoms with Crippen molar-refractivity contribution in [2.24, 2.45) is 11.8 Å². The summed E-state index contributed by atoms with van der Waals surface area (Å²) in [5.41, 5.74) is 0.257. The molecule has 0 aromatic heterocycles. The Morgan fingerprint density at radius 1 is 1.18 bits per heavy atom. The fourth-order valence-electron chi connectivity index (χ4n) is 1.98. The van der Waals surface area contributed by atoms with Crippen molar-refractivity contribution in [3.8, 4) is 0 Å². The summed E-state index contributed by atoms with van der Waals surface area (Å²) in [7, 11) is 0. The minimum atomic E-state index is 0.257. The van der Waals surface area contributed by atoms with Crippen molar-refractivity contribution in [1.29, 1.82) is 0 Å². The van der Waals surface area contributed by atoms with Crippen molar-refractivity contribution in [3.63, 3.8) is 0 Å². The van der Waals surface area contributed by atoms with Gasteiger partial charge >= 0.3 is 0 Å². The van der Waals surface area contributed by atoms with Gasteiger partial charge in [-0.25, -0.2) is 0 Å². The van der Waals surface area contributed by atoms with Gasteiger partial charge in [-0.15, -0.1) is 11.6 Å². The van der Waals surface area contributed by atoms with E-state index in [2.05, 4.69) is 5.32 Å². The summed E-state index contributed by atoms with van der Waals surface area (Å²) in [6, 6.07) is 0. The summed E-state index contributed by atoms with van der Waals surface area (Å²) in [5.74, 6) is 1.99. The van der Waals surface area contributed by atoms with Crippen molar-refractivity contribution < 1.29 is 0 Å². The highest BCUT2D eigenvalue weighted by Gasteiger charge is 2.28. The van der Waals surface area contributed by atoms with Crippen LogP contribution in [0.2, 0.25) is 0 Å². The van der Waals surface area contributed by atoms with E-state index < -0.39 is 0 Å². The lowest BCUT2D eigenvalue weighted by atomic mass is 9.92. The van der Waals surface area contributed by atoms with Crippen molar-refractivity contribution >= 4 is 11.6 Å². The second-order valence-electron chi connectivity index (χ2n) is 3.99. The number of alkyl halides is 1. The van der Waals surface area contributed by atoms with Crippen molar-refractivity contribution in [2.75, 3.05) is 6.54 Å². The summed E-state index contributed by atoms with van der Waals surface area (Å²) in [6.07, 6.45) is 6.95. The van der Waals surface area contributed by atoms with E-state index in [0.717, 1.165) is 18.4 Å². The summed E-state index contributed by atoms with van der Waals surface area (Å²) < 4.78 is 0. The van der Waals surface area contributed by atoms with Gasteiger partial charge in [0.1, 0.15) is 0 Å². The number of hydrogen-bond donors (Lipinski definition) is 1. The topological polar surface area (TPSA) is 12.0 Å². The largest absolute Gasteiger partial charge is 0.301 e. The molecule has 2 rings (SSSR count). The molecule has 11 heavy (non-hydrogen) atoms. The van der Waals surface area contributed by atoms with Crippen LogP contribution in [0.5, 0.6) is 0 Å². The van der Waals surface area contributed by atoms with Crippen LogP contribution in [0, 0.1) is 11.8 Å². The number of rotatable bonds is 2. The maximum atomic E-state index is 6.00. The molecule has 0 radical (unpaired) electrons. The Kier molecular flexibility index (Phi) is 2.38. The average Bonchev–Trinajstić information content (AvgIpc) is 2.71. The van der Waals surface area contributed by atoms with Gasteiger partial charge in [0.25, 0.3) is 0 Å². The first-order valence-corrected chi connectivity index (χ1v) is 5.15. The Morgan fingerprint density at radius 2 is 2.00 bits per heavy atom. The summed E-state index contributed by atoms with van der Waals surface area (Å²) in [4.78, 5) is 0. The number of hydrogen-bond acceptors (Lipinski definition) is 1. The van der Waals surface area contributed by atoms with Crippen LogP contribution >= 0.6 is 11.6 Å². The molecule has 0 aromatic carbocycles. The minimum Gasteiger partial charge on any atom is -0.301 e. The third kappa shape index (κ3) is 2.34. The fraction of sp³-hybridized carbons (Fsp3) is 1.00. The number of piperidine rings is 1. The second kappa shape index (κ2) is 3.32. The molecule has 1 aliphatic carbocycles. The van der Waals surface area contributed by atoms with Crippen LogP contribution in [0.1, 0.15) is 32.1 Å². The van der Waals surface area contributed by atoms with Gasteiger partial charge in [0.2, 0.25) is 0 Å². The lowest BCUT2D eigenvalue weighted by molar-refractivity contribution is 0.322. The molecule has 64 valence electrons. The van der Waals surface area contributed by atoms with Crippen LogP contribution in [0.25, 0.3) is 0 Å². The Morgan fingerprint density at radius 3 is 2.64 bits per heavy atom. The van der Waals surface area contributed by atoms with E-state index in [1.807, 2.05) is 0 Å². The molecule has 0 spiro atoms. The normalized spacial score (nSPS) is 39.0. The van der Waals surface area contributed by atoms with Crippen LogP contribution in [0.3, 0.4) is 0 Å². The first-order chi connectivity index (χ1) is 5.34. The van der Waals surface area contributed by atoms with E-state index in [1.54, 1.807) is 0 Å². The zero-order valence-corrected chi connectivity index (χ0v) is 7.61. The number of halogens is 1. The van der Waals surface area contributed by atoms with E-state index in [0.29, 0.717) is 0 Å². The zero-order valence-electron chi connectivity index (χ0n) is 6.85. The van der Waals surface area contributed by atoms with E-state index in [4.69, 9.17) is 11.6 Å². The molecular weight excluding hydrogens is 158 g/mol. The van der Waals surface area contributed by atoms with Crippen LogP contribution in [-0.2, 0) is 0 Å². The van der Waals surface area contributed by atoms with Gasteiger partial charge in [-0.3, -0.25) is 0 Å². The van der Waals surface area contributed by atoms with E-state index in [9.17, 15) is 0 Å². The molecule has 1 saturated carbocycles. The zero-order chi connectivity index (χ0) is 7.68. The molecule has 2 aliphatic rings. The maximum Gasteiger partial charge on any atom is 0.0828 e. The molecular formula is C9H16ClN. The third-order valence-corrected chi connectivity index (χ3v) is 3.15. The van der Waals surface area contributed by atoms with Crippen molar-refractivity contribution in [1.82, 2.24) is 5.32 Å². The van der Waals surface area contributed by atoms with Gasteiger partial charge in [0.15, 0.2) is 0 Å². The molecule has 0 amide bonds. The van der Waals surface area contributed by atoms with Crippen LogP contribution in [0.15, 0.2) is 0 Å². The first kappa shape index (κ1) is 7.88. The highest BCUT2D eigenvalue weighted by molar-refractivity contribution is 6.20. The van der Waals surface area contributed by atoms with Crippen molar-refractivity contribution in [3.05, 3.63) is 0 Å². The first-order valence-electron chi connectivity index (χ1n) is 4.72. The number of nitrogens with one attached hydrogen (secondary N) is 1. The van der Waals surface area contributed by atoms with E-state index in [-0.39, 0.29) is 5.50 Å². The lowest BCUT2D eigenvalue weighted by Crippen LogP contribution is -2.34. The fourth-order valence-corrected chi connectivity index (χ4v) is 2.34. The standard InChI is InChI=1S/C9H16ClN/c10-9-6-8(3-4-11-9)5-7-1-2-7/h7-9,11H,1-6H2. The Balaban J connectivity index is 1.73. The van der Waals surface area contributed by atoms with E-state index >= 15 is 0 Å². The average molecular weight is 174 g/mol. The minimum absolute atomic E-state index is 0.257. The molecule has 2 heteroatoms. The molecule has 1 nitrogen and oxygen atoms in total. The smallest absolute Gasteiger partial charge is 0.0828 e. The van der Waals surface area contributed by atoms with E-state index in [1.165, 1.54) is 32.1 Å². The highest BCUT2D eigenvalue weighted by Crippen LogP contribution is 2.38. The molecule has 2 unspecified atom stereocenters.